The first kappa shape index (κ1) is 15.8. The lowest BCUT2D eigenvalue weighted by molar-refractivity contribution is -0.121. The third kappa shape index (κ3) is 4.74. The zero-order valence-corrected chi connectivity index (χ0v) is 12.5. The molecule has 6 heteroatoms. The van der Waals surface area contributed by atoms with Crippen LogP contribution >= 0.6 is 11.6 Å². The van der Waals surface area contributed by atoms with Gasteiger partial charge in [-0.3, -0.25) is 4.79 Å². The van der Waals surface area contributed by atoms with Crippen molar-refractivity contribution in [3.63, 3.8) is 0 Å². The number of halogens is 1. The quantitative estimate of drug-likeness (QED) is 0.731. The highest BCUT2D eigenvalue weighted by atomic mass is 35.5. The van der Waals surface area contributed by atoms with Gasteiger partial charge in [0, 0.05) is 29.9 Å². The molecule has 2 rings (SSSR count). The molecule has 1 aromatic heterocycles. The second-order valence-electron chi connectivity index (χ2n) is 4.69. The van der Waals surface area contributed by atoms with E-state index < -0.39 is 0 Å². The van der Waals surface area contributed by atoms with Gasteiger partial charge in [0.1, 0.15) is 6.54 Å². The van der Waals surface area contributed by atoms with Crippen molar-refractivity contribution in [2.24, 2.45) is 0 Å². The Labute approximate surface area is 128 Å². The summed E-state index contributed by atoms with van der Waals surface area (Å²) in [5.74, 6) is -0.0466. The Balaban J connectivity index is 1.80. The maximum Gasteiger partial charge on any atom is 0.239 e. The molecule has 2 N–H and O–H groups in total. The Morgan fingerprint density at radius 3 is 3.00 bits per heavy atom. The summed E-state index contributed by atoms with van der Waals surface area (Å²) in [7, 11) is 0. The van der Waals surface area contributed by atoms with Crippen molar-refractivity contribution >= 4 is 28.4 Å². The van der Waals surface area contributed by atoms with E-state index in [0.717, 1.165) is 17.3 Å². The Morgan fingerprint density at radius 2 is 2.19 bits per heavy atom. The maximum atomic E-state index is 11.9. The largest absolute Gasteiger partial charge is 0.394 e. The summed E-state index contributed by atoms with van der Waals surface area (Å²) in [5, 5.41) is 13.1. The summed E-state index contributed by atoms with van der Waals surface area (Å²) >= 11 is 5.98. The van der Waals surface area contributed by atoms with Crippen LogP contribution in [0.1, 0.15) is 6.42 Å². The number of aliphatic hydroxyl groups is 1. The Kier molecular flexibility index (Phi) is 6.04. The van der Waals surface area contributed by atoms with Crippen molar-refractivity contribution in [1.82, 2.24) is 9.88 Å². The molecule has 0 fully saturated rings. The van der Waals surface area contributed by atoms with E-state index in [0.29, 0.717) is 24.8 Å². The lowest BCUT2D eigenvalue weighted by Gasteiger charge is -2.08. The molecule has 2 aromatic rings. The number of benzene rings is 1. The van der Waals surface area contributed by atoms with E-state index in [4.69, 9.17) is 21.4 Å². The molecule has 1 amide bonds. The molecule has 0 spiro atoms. The summed E-state index contributed by atoms with van der Waals surface area (Å²) in [6, 6.07) is 7.58. The molecule has 0 bridgehead atoms. The SMILES string of the molecule is O=C(Cn1ccc2ccc(Cl)cc21)NCCCOCCO. The molecule has 0 radical (unpaired) electrons. The van der Waals surface area contributed by atoms with Crippen LogP contribution in [-0.4, -0.2) is 41.9 Å². The average molecular weight is 311 g/mol. The van der Waals surface area contributed by atoms with Gasteiger partial charge >= 0.3 is 0 Å². The van der Waals surface area contributed by atoms with Gasteiger partial charge in [0.25, 0.3) is 0 Å². The number of hydrogen-bond acceptors (Lipinski definition) is 3. The van der Waals surface area contributed by atoms with Gasteiger partial charge in [0.2, 0.25) is 5.91 Å². The lowest BCUT2D eigenvalue weighted by Crippen LogP contribution is -2.28. The van der Waals surface area contributed by atoms with Crippen molar-refractivity contribution in [3.8, 4) is 0 Å². The number of hydrogen-bond donors (Lipinski definition) is 2. The molecule has 1 heterocycles. The van der Waals surface area contributed by atoms with E-state index in [9.17, 15) is 4.79 Å². The summed E-state index contributed by atoms with van der Waals surface area (Å²) in [6.07, 6.45) is 2.61. The van der Waals surface area contributed by atoms with Crippen LogP contribution in [0.4, 0.5) is 0 Å². The topological polar surface area (TPSA) is 63.5 Å². The van der Waals surface area contributed by atoms with Gasteiger partial charge in [-0.1, -0.05) is 17.7 Å². The highest BCUT2D eigenvalue weighted by molar-refractivity contribution is 6.31. The number of aromatic nitrogens is 1. The molecule has 1 aromatic carbocycles. The summed E-state index contributed by atoms with van der Waals surface area (Å²) in [5.41, 5.74) is 0.948. The summed E-state index contributed by atoms with van der Waals surface area (Å²) < 4.78 is 6.99. The molecule has 0 aliphatic heterocycles. The fourth-order valence-corrected chi connectivity index (χ4v) is 2.24. The van der Waals surface area contributed by atoms with Gasteiger partial charge in [-0.2, -0.15) is 0 Å². The number of aliphatic hydroxyl groups excluding tert-OH is 1. The first-order valence-corrected chi connectivity index (χ1v) is 7.28. The predicted octanol–water partition coefficient (Wildman–Crippen LogP) is 1.81. The van der Waals surface area contributed by atoms with Crippen molar-refractivity contribution in [3.05, 3.63) is 35.5 Å². The maximum absolute atomic E-state index is 11.9. The highest BCUT2D eigenvalue weighted by Gasteiger charge is 2.06. The van der Waals surface area contributed by atoms with Crippen LogP contribution in [0.2, 0.25) is 5.02 Å². The number of carbonyl (C=O) groups is 1. The number of nitrogens with zero attached hydrogens (tertiary/aromatic N) is 1. The second-order valence-corrected chi connectivity index (χ2v) is 5.12. The summed E-state index contributed by atoms with van der Waals surface area (Å²) in [4.78, 5) is 11.9. The van der Waals surface area contributed by atoms with Crippen LogP contribution in [0, 0.1) is 0 Å². The van der Waals surface area contributed by atoms with Crippen molar-refractivity contribution < 1.29 is 14.6 Å². The average Bonchev–Trinajstić information content (AvgIpc) is 2.85. The highest BCUT2D eigenvalue weighted by Crippen LogP contribution is 2.20. The molecule has 0 aliphatic carbocycles. The van der Waals surface area contributed by atoms with Crippen LogP contribution in [0.25, 0.3) is 10.9 Å². The van der Waals surface area contributed by atoms with Gasteiger partial charge in [-0.05, 0) is 30.0 Å². The molecular weight excluding hydrogens is 292 g/mol. The first-order valence-electron chi connectivity index (χ1n) is 6.90. The van der Waals surface area contributed by atoms with E-state index in [1.807, 2.05) is 35.0 Å². The van der Waals surface area contributed by atoms with Gasteiger partial charge in [0.05, 0.1) is 13.2 Å². The Bertz CT molecular complexity index is 598. The van der Waals surface area contributed by atoms with Gasteiger partial charge in [0.15, 0.2) is 0 Å². The van der Waals surface area contributed by atoms with E-state index in [-0.39, 0.29) is 19.1 Å². The number of rotatable bonds is 8. The van der Waals surface area contributed by atoms with Crippen LogP contribution in [0.3, 0.4) is 0 Å². The lowest BCUT2D eigenvalue weighted by atomic mass is 10.2. The fraction of sp³-hybridized carbons (Fsp3) is 0.400. The summed E-state index contributed by atoms with van der Waals surface area (Å²) in [6.45, 7) is 1.72. The van der Waals surface area contributed by atoms with E-state index in [2.05, 4.69) is 5.32 Å². The number of nitrogens with one attached hydrogen (secondary N) is 1. The van der Waals surface area contributed by atoms with Gasteiger partial charge in [-0.25, -0.2) is 0 Å². The van der Waals surface area contributed by atoms with Crippen LogP contribution in [0.15, 0.2) is 30.5 Å². The number of fused-ring (bicyclic) bond motifs is 1. The molecule has 0 atom stereocenters. The molecule has 0 unspecified atom stereocenters. The Hall–Kier alpha value is -1.56. The number of ether oxygens (including phenoxy) is 1. The monoisotopic (exact) mass is 310 g/mol. The third-order valence-corrected chi connectivity index (χ3v) is 3.31. The molecule has 0 aliphatic rings. The number of amides is 1. The van der Waals surface area contributed by atoms with Crippen LogP contribution < -0.4 is 5.32 Å². The van der Waals surface area contributed by atoms with E-state index >= 15 is 0 Å². The molecule has 21 heavy (non-hydrogen) atoms. The standard InChI is InChI=1S/C15H19ClN2O3/c16-13-3-2-12-4-6-18(14(12)10-13)11-15(20)17-5-1-8-21-9-7-19/h2-4,6,10,19H,1,5,7-9,11H2,(H,17,20). The van der Waals surface area contributed by atoms with Gasteiger partial charge < -0.3 is 19.7 Å². The fourth-order valence-electron chi connectivity index (χ4n) is 2.07. The predicted molar refractivity (Wildman–Crippen MR) is 82.5 cm³/mol. The molecule has 0 saturated carbocycles. The smallest absolute Gasteiger partial charge is 0.239 e. The van der Waals surface area contributed by atoms with Crippen molar-refractivity contribution in [2.75, 3.05) is 26.4 Å². The minimum Gasteiger partial charge on any atom is -0.394 e. The Morgan fingerprint density at radius 1 is 1.33 bits per heavy atom. The van der Waals surface area contributed by atoms with E-state index in [1.165, 1.54) is 0 Å². The first-order chi connectivity index (χ1) is 10.2. The van der Waals surface area contributed by atoms with Crippen molar-refractivity contribution in [2.45, 2.75) is 13.0 Å². The second kappa shape index (κ2) is 8.02. The normalized spacial score (nSPS) is 11.0. The third-order valence-electron chi connectivity index (χ3n) is 3.07. The zero-order chi connectivity index (χ0) is 15.1. The molecular formula is C15H19ClN2O3. The van der Waals surface area contributed by atoms with Gasteiger partial charge in [-0.15, -0.1) is 0 Å². The molecule has 114 valence electrons. The van der Waals surface area contributed by atoms with Crippen LogP contribution in [-0.2, 0) is 16.1 Å². The number of carbonyl (C=O) groups excluding carboxylic acids is 1. The van der Waals surface area contributed by atoms with Crippen LogP contribution in [0.5, 0.6) is 0 Å². The minimum absolute atomic E-state index is 0.0234. The van der Waals surface area contributed by atoms with E-state index in [1.54, 1.807) is 0 Å². The minimum atomic E-state index is -0.0466. The molecule has 5 nitrogen and oxygen atoms in total. The zero-order valence-electron chi connectivity index (χ0n) is 11.7. The van der Waals surface area contributed by atoms with Crippen molar-refractivity contribution in [1.29, 1.82) is 0 Å². The molecule has 0 saturated heterocycles.